The molecule has 4 nitrogen and oxygen atoms in total. The number of hydrogen-bond acceptors (Lipinski definition) is 4. The molecule has 0 radical (unpaired) electrons. The maximum absolute atomic E-state index is 12.4. The number of hydrogen-bond donors (Lipinski definition) is 1. The summed E-state index contributed by atoms with van der Waals surface area (Å²) in [5.41, 5.74) is 2.35. The molecular formula is C19H25N3OS. The fourth-order valence-corrected chi connectivity index (χ4v) is 4.21. The lowest BCUT2D eigenvalue weighted by Gasteiger charge is -2.32. The average molecular weight is 343 g/mol. The largest absolute Gasteiger partial charge is 0.349 e. The Balaban J connectivity index is 1.49. The highest BCUT2D eigenvalue weighted by atomic mass is 32.1. The average Bonchev–Trinajstić information content (AvgIpc) is 2.99. The summed E-state index contributed by atoms with van der Waals surface area (Å²) in [6, 6.07) is 8.35. The number of aryl methyl sites for hydroxylation is 2. The number of carbonyl (C=O) groups excluding carboxylic acids is 1. The third-order valence-electron chi connectivity index (χ3n) is 4.60. The number of piperidine rings is 1. The van der Waals surface area contributed by atoms with Crippen LogP contribution in [0.5, 0.6) is 0 Å². The molecule has 24 heavy (non-hydrogen) atoms. The summed E-state index contributed by atoms with van der Waals surface area (Å²) in [6.07, 6.45) is 4.85. The quantitative estimate of drug-likeness (QED) is 0.905. The molecule has 1 saturated heterocycles. The van der Waals surface area contributed by atoms with Crippen molar-refractivity contribution < 1.29 is 4.79 Å². The third-order valence-corrected chi connectivity index (χ3v) is 5.98. The van der Waals surface area contributed by atoms with E-state index in [0.717, 1.165) is 49.5 Å². The van der Waals surface area contributed by atoms with Crippen LogP contribution in [-0.2, 0) is 13.0 Å². The van der Waals surface area contributed by atoms with Crippen LogP contribution < -0.4 is 5.32 Å². The van der Waals surface area contributed by atoms with Crippen molar-refractivity contribution >= 4 is 17.2 Å². The van der Waals surface area contributed by atoms with Crippen molar-refractivity contribution in [1.82, 2.24) is 15.2 Å². The van der Waals surface area contributed by atoms with Crippen molar-refractivity contribution in [3.63, 3.8) is 0 Å². The normalized spacial score (nSPS) is 16.2. The van der Waals surface area contributed by atoms with Gasteiger partial charge < -0.3 is 5.32 Å². The third kappa shape index (κ3) is 4.22. The molecule has 128 valence electrons. The molecule has 0 saturated carbocycles. The summed E-state index contributed by atoms with van der Waals surface area (Å²) in [5, 5.41) is 3.21. The second-order valence-corrected chi connectivity index (χ2v) is 7.55. The molecule has 0 spiro atoms. The van der Waals surface area contributed by atoms with E-state index in [-0.39, 0.29) is 11.9 Å². The van der Waals surface area contributed by atoms with Gasteiger partial charge in [0.05, 0.1) is 10.6 Å². The van der Waals surface area contributed by atoms with Gasteiger partial charge in [-0.1, -0.05) is 13.0 Å². The number of aromatic nitrogens is 1. The van der Waals surface area contributed by atoms with Gasteiger partial charge in [0.2, 0.25) is 0 Å². The van der Waals surface area contributed by atoms with Crippen LogP contribution in [0.4, 0.5) is 0 Å². The van der Waals surface area contributed by atoms with Crippen LogP contribution in [0, 0.1) is 6.92 Å². The Morgan fingerprint density at radius 1 is 1.38 bits per heavy atom. The number of pyridine rings is 1. The van der Waals surface area contributed by atoms with Crippen molar-refractivity contribution in [2.24, 2.45) is 0 Å². The van der Waals surface area contributed by atoms with E-state index in [1.165, 1.54) is 10.4 Å². The van der Waals surface area contributed by atoms with Crippen molar-refractivity contribution in [1.29, 1.82) is 0 Å². The van der Waals surface area contributed by atoms with Gasteiger partial charge in [-0.15, -0.1) is 11.3 Å². The topological polar surface area (TPSA) is 45.2 Å². The molecule has 0 aromatic carbocycles. The highest BCUT2D eigenvalue weighted by Gasteiger charge is 2.22. The predicted octanol–water partition coefficient (Wildman–Crippen LogP) is 3.41. The van der Waals surface area contributed by atoms with Gasteiger partial charge in [-0.3, -0.25) is 14.7 Å². The summed E-state index contributed by atoms with van der Waals surface area (Å²) in [4.78, 5) is 21.4. The second kappa shape index (κ2) is 7.90. The molecule has 5 heteroatoms. The van der Waals surface area contributed by atoms with Crippen molar-refractivity contribution in [2.75, 3.05) is 13.1 Å². The fourth-order valence-electron chi connectivity index (χ4n) is 3.20. The zero-order valence-corrected chi connectivity index (χ0v) is 15.2. The Morgan fingerprint density at radius 2 is 2.17 bits per heavy atom. The molecule has 0 unspecified atom stereocenters. The minimum Gasteiger partial charge on any atom is -0.349 e. The van der Waals surface area contributed by atoms with Crippen LogP contribution in [0.25, 0.3) is 0 Å². The van der Waals surface area contributed by atoms with Gasteiger partial charge in [-0.05, 0) is 49.9 Å². The molecule has 2 aromatic heterocycles. The van der Waals surface area contributed by atoms with E-state index in [4.69, 9.17) is 0 Å². The van der Waals surface area contributed by atoms with Crippen molar-refractivity contribution in [2.45, 2.75) is 45.7 Å². The first kappa shape index (κ1) is 17.1. The molecule has 3 heterocycles. The molecule has 1 fully saturated rings. The van der Waals surface area contributed by atoms with E-state index in [1.807, 2.05) is 24.4 Å². The number of nitrogens with zero attached hydrogens (tertiary/aromatic N) is 2. The SMILES string of the molecule is CCc1sc(C(=O)NC2CCN(Cc3ccccn3)CC2)cc1C. The molecule has 1 amide bonds. The Morgan fingerprint density at radius 3 is 2.79 bits per heavy atom. The van der Waals surface area contributed by atoms with Crippen LogP contribution in [0.1, 0.15) is 45.6 Å². The van der Waals surface area contributed by atoms with Gasteiger partial charge in [-0.25, -0.2) is 0 Å². The van der Waals surface area contributed by atoms with Crippen molar-refractivity contribution in [3.05, 3.63) is 51.5 Å². The Kier molecular flexibility index (Phi) is 5.63. The number of likely N-dealkylation sites (tertiary alicyclic amines) is 1. The fraction of sp³-hybridized carbons (Fsp3) is 0.474. The van der Waals surface area contributed by atoms with Crippen LogP contribution >= 0.6 is 11.3 Å². The molecule has 1 aliphatic rings. The molecule has 2 aromatic rings. The zero-order chi connectivity index (χ0) is 16.9. The number of amides is 1. The summed E-state index contributed by atoms with van der Waals surface area (Å²) < 4.78 is 0. The van der Waals surface area contributed by atoms with Crippen molar-refractivity contribution in [3.8, 4) is 0 Å². The zero-order valence-electron chi connectivity index (χ0n) is 14.4. The van der Waals surface area contributed by atoms with Gasteiger partial charge in [-0.2, -0.15) is 0 Å². The number of rotatable bonds is 5. The van der Waals surface area contributed by atoms with Crippen LogP contribution in [0.2, 0.25) is 0 Å². The highest BCUT2D eigenvalue weighted by Crippen LogP contribution is 2.23. The first-order valence-electron chi connectivity index (χ1n) is 8.68. The first-order chi connectivity index (χ1) is 11.7. The molecular weight excluding hydrogens is 318 g/mol. The van der Waals surface area contributed by atoms with Crippen LogP contribution in [0.15, 0.2) is 30.5 Å². The molecule has 0 bridgehead atoms. The maximum Gasteiger partial charge on any atom is 0.261 e. The van der Waals surface area contributed by atoms with E-state index in [0.29, 0.717) is 0 Å². The summed E-state index contributed by atoms with van der Waals surface area (Å²) in [7, 11) is 0. The van der Waals surface area contributed by atoms with E-state index in [9.17, 15) is 4.79 Å². The lowest BCUT2D eigenvalue weighted by molar-refractivity contribution is 0.0912. The van der Waals surface area contributed by atoms with Gasteiger partial charge in [0.15, 0.2) is 0 Å². The van der Waals surface area contributed by atoms with E-state index in [2.05, 4.69) is 35.1 Å². The van der Waals surface area contributed by atoms with Crippen LogP contribution in [-0.4, -0.2) is 34.9 Å². The summed E-state index contributed by atoms with van der Waals surface area (Å²) in [5.74, 6) is 0.0889. The summed E-state index contributed by atoms with van der Waals surface area (Å²) >= 11 is 1.63. The minimum absolute atomic E-state index is 0.0889. The number of nitrogens with one attached hydrogen (secondary N) is 1. The van der Waals surface area contributed by atoms with E-state index < -0.39 is 0 Å². The lowest BCUT2D eigenvalue weighted by atomic mass is 10.0. The standard InChI is InChI=1S/C19H25N3OS/c1-3-17-14(2)12-18(24-17)19(23)21-15-7-10-22(11-8-15)13-16-6-4-5-9-20-16/h4-6,9,12,15H,3,7-8,10-11,13H2,1-2H3,(H,21,23). The Bertz CT molecular complexity index is 675. The monoisotopic (exact) mass is 343 g/mol. The molecule has 3 rings (SSSR count). The van der Waals surface area contributed by atoms with Gasteiger partial charge in [0, 0.05) is 36.8 Å². The van der Waals surface area contributed by atoms with E-state index >= 15 is 0 Å². The molecule has 0 atom stereocenters. The molecule has 1 N–H and O–H groups in total. The number of thiophene rings is 1. The predicted molar refractivity (Wildman–Crippen MR) is 98.4 cm³/mol. The highest BCUT2D eigenvalue weighted by molar-refractivity contribution is 7.14. The van der Waals surface area contributed by atoms with Gasteiger partial charge >= 0.3 is 0 Å². The minimum atomic E-state index is 0.0889. The number of carbonyl (C=O) groups is 1. The second-order valence-electron chi connectivity index (χ2n) is 6.42. The lowest BCUT2D eigenvalue weighted by Crippen LogP contribution is -2.44. The van der Waals surface area contributed by atoms with Gasteiger partial charge in [0.25, 0.3) is 5.91 Å². The summed E-state index contributed by atoms with van der Waals surface area (Å²) in [6.45, 7) is 7.13. The smallest absolute Gasteiger partial charge is 0.261 e. The van der Waals surface area contributed by atoms with Crippen LogP contribution in [0.3, 0.4) is 0 Å². The van der Waals surface area contributed by atoms with Gasteiger partial charge in [0.1, 0.15) is 0 Å². The molecule has 0 aliphatic carbocycles. The first-order valence-corrected chi connectivity index (χ1v) is 9.49. The maximum atomic E-state index is 12.4. The van der Waals surface area contributed by atoms with E-state index in [1.54, 1.807) is 11.3 Å². The molecule has 1 aliphatic heterocycles. The Hall–Kier alpha value is -1.72. The Labute approximate surface area is 147 Å².